The van der Waals surface area contributed by atoms with E-state index < -0.39 is 5.82 Å². The Morgan fingerprint density at radius 1 is 1.16 bits per heavy atom. The van der Waals surface area contributed by atoms with Crippen molar-refractivity contribution in [2.24, 2.45) is 0 Å². The lowest BCUT2D eigenvalue weighted by Crippen LogP contribution is -2.31. The zero-order valence-electron chi connectivity index (χ0n) is 20.6. The summed E-state index contributed by atoms with van der Waals surface area (Å²) in [4.78, 5) is 18.3. The van der Waals surface area contributed by atoms with Crippen molar-refractivity contribution in [3.05, 3.63) is 35.1 Å². The van der Waals surface area contributed by atoms with Gasteiger partial charge >= 0.3 is 6.01 Å². The molecule has 3 N–H and O–H groups in total. The Bertz CT molecular complexity index is 1460. The van der Waals surface area contributed by atoms with E-state index in [-0.39, 0.29) is 22.1 Å². The van der Waals surface area contributed by atoms with E-state index >= 15 is 4.39 Å². The molecule has 0 bridgehead atoms. The normalized spacial score (nSPS) is 19.1. The number of nitrogens with one attached hydrogen (secondary N) is 1. The number of hydrogen-bond acceptors (Lipinski definition) is 9. The van der Waals surface area contributed by atoms with Crippen LogP contribution in [-0.2, 0) is 0 Å². The Hall–Kier alpha value is -2.79. The fraction of sp³-hybridized carbons (Fsp3) is 0.423. The fourth-order valence-corrected chi connectivity index (χ4v) is 6.35. The highest BCUT2D eigenvalue weighted by atomic mass is 35.5. The summed E-state index contributed by atoms with van der Waals surface area (Å²) in [6.45, 7) is 4.79. The van der Waals surface area contributed by atoms with Gasteiger partial charge in [-0.25, -0.2) is 9.37 Å². The van der Waals surface area contributed by atoms with E-state index in [1.165, 1.54) is 11.3 Å². The number of rotatable bonds is 5. The van der Waals surface area contributed by atoms with Crippen molar-refractivity contribution in [2.75, 3.05) is 57.0 Å². The van der Waals surface area contributed by atoms with Crippen LogP contribution in [-0.4, -0.2) is 72.3 Å². The molecule has 0 aliphatic carbocycles. The van der Waals surface area contributed by atoms with Crippen LogP contribution in [0.3, 0.4) is 0 Å². The number of thiazole rings is 1. The molecule has 4 aromatic rings. The molecule has 2 saturated heterocycles. The summed E-state index contributed by atoms with van der Waals surface area (Å²) in [5.41, 5.74) is 7.62. The first kappa shape index (κ1) is 24.5. The number of likely N-dealkylation sites (N-methyl/N-ethyl adjacent to an activating group) is 1. The number of fused-ring (bicyclic) bond motifs is 2. The number of ether oxygens (including phenoxy) is 1. The Morgan fingerprint density at radius 3 is 2.89 bits per heavy atom. The van der Waals surface area contributed by atoms with Gasteiger partial charge in [0.05, 0.1) is 15.2 Å². The summed E-state index contributed by atoms with van der Waals surface area (Å²) in [6.07, 6.45) is 3.15. The molecule has 0 amide bonds. The predicted molar refractivity (Wildman–Crippen MR) is 148 cm³/mol. The van der Waals surface area contributed by atoms with Crippen LogP contribution in [0.5, 0.6) is 6.01 Å². The number of benzene rings is 2. The smallest absolute Gasteiger partial charge is 0.319 e. The van der Waals surface area contributed by atoms with Crippen molar-refractivity contribution in [3.63, 3.8) is 0 Å². The van der Waals surface area contributed by atoms with E-state index in [2.05, 4.69) is 32.1 Å². The molecule has 4 heterocycles. The Kier molecular flexibility index (Phi) is 6.74. The molecule has 6 rings (SSSR count). The van der Waals surface area contributed by atoms with Crippen molar-refractivity contribution in [1.82, 2.24) is 25.2 Å². The van der Waals surface area contributed by atoms with Gasteiger partial charge < -0.3 is 25.6 Å². The molecule has 37 heavy (non-hydrogen) atoms. The van der Waals surface area contributed by atoms with Gasteiger partial charge in [0.2, 0.25) is 0 Å². The molecule has 2 aromatic heterocycles. The number of nitrogens with two attached hydrogens (primary N) is 1. The fourth-order valence-electron chi connectivity index (χ4n) is 5.30. The van der Waals surface area contributed by atoms with Crippen LogP contribution in [0.25, 0.3) is 32.2 Å². The SMILES string of the molecule is CN1CCCC1COc1nc(N2CCCNCC2)c2cc(Cl)c(-c3cccc4sc(N)nc34)c(F)c2n1. The number of aromatic nitrogens is 3. The van der Waals surface area contributed by atoms with E-state index in [0.717, 1.165) is 56.7 Å². The average molecular weight is 542 g/mol. The third-order valence-electron chi connectivity index (χ3n) is 7.26. The molecule has 1 unspecified atom stereocenters. The summed E-state index contributed by atoms with van der Waals surface area (Å²) in [5.74, 6) is 0.132. The van der Waals surface area contributed by atoms with Gasteiger partial charge in [0.15, 0.2) is 10.9 Å². The highest BCUT2D eigenvalue weighted by molar-refractivity contribution is 7.22. The summed E-state index contributed by atoms with van der Waals surface area (Å²) < 4.78 is 23.4. The molecule has 2 fully saturated rings. The summed E-state index contributed by atoms with van der Waals surface area (Å²) >= 11 is 8.14. The number of anilines is 2. The molecular weight excluding hydrogens is 513 g/mol. The molecule has 1 atom stereocenters. The zero-order chi connectivity index (χ0) is 25.5. The van der Waals surface area contributed by atoms with Crippen molar-refractivity contribution in [1.29, 1.82) is 0 Å². The van der Waals surface area contributed by atoms with Gasteiger partial charge in [0.1, 0.15) is 17.9 Å². The third kappa shape index (κ3) is 4.67. The number of halogens is 2. The van der Waals surface area contributed by atoms with Gasteiger partial charge in [-0.15, -0.1) is 0 Å². The van der Waals surface area contributed by atoms with Crippen LogP contribution in [0.15, 0.2) is 24.3 Å². The van der Waals surface area contributed by atoms with E-state index in [1.54, 1.807) is 6.07 Å². The maximum atomic E-state index is 16.4. The first-order valence-electron chi connectivity index (χ1n) is 12.6. The van der Waals surface area contributed by atoms with Crippen molar-refractivity contribution in [2.45, 2.75) is 25.3 Å². The highest BCUT2D eigenvalue weighted by Crippen LogP contribution is 2.42. The minimum Gasteiger partial charge on any atom is -0.462 e. The quantitative estimate of drug-likeness (QED) is 0.380. The lowest BCUT2D eigenvalue weighted by molar-refractivity contribution is 0.188. The second-order valence-electron chi connectivity index (χ2n) is 9.66. The third-order valence-corrected chi connectivity index (χ3v) is 8.41. The Labute approximate surface area is 223 Å². The highest BCUT2D eigenvalue weighted by Gasteiger charge is 2.26. The number of likely N-dealkylation sites (tertiary alicyclic amines) is 1. The molecule has 11 heteroatoms. The number of para-hydroxylation sites is 1. The standard InChI is InChI=1S/C26H29ClFN7OS/c1-34-10-3-5-15(34)14-36-26-32-23-17(24(33-26)35-11-4-8-30-9-12-35)13-18(27)20(21(23)28)16-6-2-7-19-22(16)31-25(29)37-19/h2,6-7,13,15,30H,3-5,8-12,14H2,1H3,(H2,29,31). The molecule has 0 saturated carbocycles. The molecule has 194 valence electrons. The summed E-state index contributed by atoms with van der Waals surface area (Å²) in [6, 6.07) is 7.84. The lowest BCUT2D eigenvalue weighted by atomic mass is 10.0. The van der Waals surface area contributed by atoms with E-state index in [1.807, 2.05) is 18.2 Å². The van der Waals surface area contributed by atoms with Gasteiger partial charge in [-0.3, -0.25) is 0 Å². The molecule has 2 aliphatic heterocycles. The lowest BCUT2D eigenvalue weighted by Gasteiger charge is -2.24. The van der Waals surface area contributed by atoms with Crippen molar-refractivity contribution in [3.8, 4) is 17.1 Å². The van der Waals surface area contributed by atoms with Crippen LogP contribution in [0.1, 0.15) is 19.3 Å². The van der Waals surface area contributed by atoms with E-state index in [9.17, 15) is 0 Å². The number of nitrogens with zero attached hydrogens (tertiary/aromatic N) is 5. The molecule has 2 aliphatic rings. The van der Waals surface area contributed by atoms with Gasteiger partial charge in [0.25, 0.3) is 0 Å². The van der Waals surface area contributed by atoms with E-state index in [4.69, 9.17) is 27.1 Å². The van der Waals surface area contributed by atoms with Crippen molar-refractivity contribution < 1.29 is 9.13 Å². The van der Waals surface area contributed by atoms with Crippen LogP contribution in [0.4, 0.5) is 15.3 Å². The van der Waals surface area contributed by atoms with Crippen LogP contribution < -0.4 is 20.7 Å². The Balaban J connectivity index is 1.50. The predicted octanol–water partition coefficient (Wildman–Crippen LogP) is 4.55. The number of nitrogen functional groups attached to an aromatic ring is 1. The van der Waals surface area contributed by atoms with Crippen LogP contribution in [0, 0.1) is 5.82 Å². The summed E-state index contributed by atoms with van der Waals surface area (Å²) in [7, 11) is 2.09. The van der Waals surface area contributed by atoms with Gasteiger partial charge in [-0.05, 0) is 51.5 Å². The second-order valence-corrected chi connectivity index (χ2v) is 11.1. The molecule has 0 spiro atoms. The molecule has 0 radical (unpaired) electrons. The summed E-state index contributed by atoms with van der Waals surface area (Å²) in [5, 5.41) is 4.69. The first-order chi connectivity index (χ1) is 18.0. The Morgan fingerprint density at radius 2 is 2.05 bits per heavy atom. The van der Waals surface area contributed by atoms with Gasteiger partial charge in [0, 0.05) is 42.2 Å². The molecule has 2 aromatic carbocycles. The van der Waals surface area contributed by atoms with Crippen LogP contribution in [0.2, 0.25) is 5.02 Å². The maximum absolute atomic E-state index is 16.4. The van der Waals surface area contributed by atoms with Crippen LogP contribution >= 0.6 is 22.9 Å². The average Bonchev–Trinajstić information content (AvgIpc) is 3.36. The topological polar surface area (TPSA) is 92.4 Å². The zero-order valence-corrected chi connectivity index (χ0v) is 22.2. The molecule has 8 nitrogen and oxygen atoms in total. The largest absolute Gasteiger partial charge is 0.462 e. The maximum Gasteiger partial charge on any atom is 0.319 e. The van der Waals surface area contributed by atoms with Crippen molar-refractivity contribution >= 4 is 55.0 Å². The monoisotopic (exact) mass is 541 g/mol. The minimum absolute atomic E-state index is 0.184. The number of hydrogen-bond donors (Lipinski definition) is 2. The second kappa shape index (κ2) is 10.2. The van der Waals surface area contributed by atoms with Gasteiger partial charge in [-0.1, -0.05) is 35.1 Å². The minimum atomic E-state index is -0.513. The van der Waals surface area contributed by atoms with E-state index in [0.29, 0.717) is 40.1 Å². The first-order valence-corrected chi connectivity index (χ1v) is 13.8. The van der Waals surface area contributed by atoms with Gasteiger partial charge in [-0.2, -0.15) is 9.97 Å². The molecular formula is C26H29ClFN7OS.